The first kappa shape index (κ1) is 19.5. The predicted octanol–water partition coefficient (Wildman–Crippen LogP) is 3.06. The zero-order chi connectivity index (χ0) is 21.5. The Bertz CT molecular complexity index is 1260. The Balaban J connectivity index is 1.47. The number of aliphatic hydroxyl groups excluding tert-OH is 1. The summed E-state index contributed by atoms with van der Waals surface area (Å²) in [5.74, 6) is 0.471. The molecule has 4 aromatic rings. The number of carbonyl (C=O) groups is 1. The molecule has 9 heteroatoms. The highest BCUT2D eigenvalue weighted by Gasteiger charge is 2.28. The highest BCUT2D eigenvalue weighted by Crippen LogP contribution is 2.35. The van der Waals surface area contributed by atoms with E-state index in [4.69, 9.17) is 9.84 Å². The van der Waals surface area contributed by atoms with Gasteiger partial charge in [0.25, 0.3) is 5.91 Å². The highest BCUT2D eigenvalue weighted by atomic mass is 16.5. The minimum Gasteiger partial charge on any atom is -0.496 e. The number of aliphatic hydroxyl groups is 1. The Morgan fingerprint density at radius 2 is 2.19 bits per heavy atom. The lowest BCUT2D eigenvalue weighted by molar-refractivity contribution is 0.0750. The molecule has 3 heterocycles. The maximum absolute atomic E-state index is 13.1. The average Bonchev–Trinajstić information content (AvgIpc) is 3.36. The van der Waals surface area contributed by atoms with Gasteiger partial charge in [0.1, 0.15) is 11.4 Å². The minimum atomic E-state index is -0.304. The molecule has 1 unspecified atom stereocenters. The van der Waals surface area contributed by atoms with Gasteiger partial charge in [0, 0.05) is 30.0 Å². The Morgan fingerprint density at radius 1 is 1.32 bits per heavy atom. The number of ether oxygens (including phenoxy) is 1. The van der Waals surface area contributed by atoms with Crippen molar-refractivity contribution in [2.75, 3.05) is 12.4 Å². The van der Waals surface area contributed by atoms with Gasteiger partial charge in [-0.3, -0.25) is 9.48 Å². The third-order valence-electron chi connectivity index (χ3n) is 6.05. The van der Waals surface area contributed by atoms with Crippen molar-refractivity contribution in [3.63, 3.8) is 0 Å². The second-order valence-electron chi connectivity index (χ2n) is 8.13. The number of amides is 1. The molecule has 3 atom stereocenters. The van der Waals surface area contributed by atoms with Crippen molar-refractivity contribution in [1.29, 1.82) is 0 Å². The zero-order valence-corrected chi connectivity index (χ0v) is 17.4. The number of aromatic nitrogens is 5. The molecule has 5 rings (SSSR count). The van der Waals surface area contributed by atoms with E-state index in [0.29, 0.717) is 28.6 Å². The maximum Gasteiger partial charge on any atom is 0.259 e. The number of nitrogens with one attached hydrogen (secondary N) is 1. The van der Waals surface area contributed by atoms with Gasteiger partial charge in [0.2, 0.25) is 0 Å². The van der Waals surface area contributed by atoms with Crippen molar-refractivity contribution in [2.24, 2.45) is 5.92 Å². The van der Waals surface area contributed by atoms with Gasteiger partial charge in [0.05, 0.1) is 36.5 Å². The molecular formula is C22H24N6O3. The molecule has 31 heavy (non-hydrogen) atoms. The quantitative estimate of drug-likeness (QED) is 0.526. The number of nitrogens with zero attached hydrogens (tertiary/aromatic N) is 5. The zero-order valence-electron chi connectivity index (χ0n) is 17.4. The molecule has 0 aliphatic heterocycles. The first-order chi connectivity index (χ1) is 15.0. The van der Waals surface area contributed by atoms with E-state index in [2.05, 4.69) is 22.3 Å². The molecule has 1 amide bonds. The monoisotopic (exact) mass is 420 g/mol. The van der Waals surface area contributed by atoms with Crippen LogP contribution in [-0.2, 0) is 0 Å². The molecule has 160 valence electrons. The number of hydrogen-bond donors (Lipinski definition) is 2. The van der Waals surface area contributed by atoms with Crippen molar-refractivity contribution >= 4 is 28.1 Å². The fourth-order valence-electron chi connectivity index (χ4n) is 4.44. The van der Waals surface area contributed by atoms with Gasteiger partial charge in [-0.25, -0.2) is 9.50 Å². The number of hydrogen-bond acceptors (Lipinski definition) is 6. The summed E-state index contributed by atoms with van der Waals surface area (Å²) >= 11 is 0. The van der Waals surface area contributed by atoms with Crippen LogP contribution in [0.15, 0.2) is 43.0 Å². The lowest BCUT2D eigenvalue weighted by atomic mass is 9.84. The first-order valence-corrected chi connectivity index (χ1v) is 10.4. The van der Waals surface area contributed by atoms with Crippen LogP contribution in [0.3, 0.4) is 0 Å². The molecule has 1 aliphatic rings. The number of carbonyl (C=O) groups excluding carboxylic acids is 1. The normalized spacial score (nSPS) is 21.5. The van der Waals surface area contributed by atoms with Gasteiger partial charge in [-0.05, 0) is 37.3 Å². The van der Waals surface area contributed by atoms with E-state index in [-0.39, 0.29) is 18.1 Å². The van der Waals surface area contributed by atoms with Crippen LogP contribution in [0, 0.1) is 5.92 Å². The fourth-order valence-corrected chi connectivity index (χ4v) is 4.44. The Hall–Kier alpha value is -3.46. The molecule has 1 aromatic carbocycles. The molecule has 3 aromatic heterocycles. The number of methoxy groups -OCH3 is 1. The smallest absolute Gasteiger partial charge is 0.259 e. The summed E-state index contributed by atoms with van der Waals surface area (Å²) < 4.78 is 9.06. The van der Waals surface area contributed by atoms with Gasteiger partial charge >= 0.3 is 0 Å². The molecule has 1 saturated carbocycles. The molecule has 1 aliphatic carbocycles. The predicted molar refractivity (Wildman–Crippen MR) is 115 cm³/mol. The number of anilines is 1. The second-order valence-corrected chi connectivity index (χ2v) is 8.13. The van der Waals surface area contributed by atoms with Crippen LogP contribution in [-0.4, -0.2) is 48.6 Å². The number of rotatable bonds is 4. The van der Waals surface area contributed by atoms with Crippen LogP contribution in [0.5, 0.6) is 5.75 Å². The van der Waals surface area contributed by atoms with Gasteiger partial charge in [-0.1, -0.05) is 6.92 Å². The Morgan fingerprint density at radius 3 is 3.00 bits per heavy atom. The summed E-state index contributed by atoms with van der Waals surface area (Å²) in [6.07, 6.45) is 9.15. The van der Waals surface area contributed by atoms with Crippen LogP contribution in [0.25, 0.3) is 16.6 Å². The summed E-state index contributed by atoms with van der Waals surface area (Å²) in [4.78, 5) is 17.3. The van der Waals surface area contributed by atoms with Crippen LogP contribution in [0.4, 0.5) is 5.69 Å². The lowest BCUT2D eigenvalue weighted by Crippen LogP contribution is -2.28. The van der Waals surface area contributed by atoms with E-state index in [9.17, 15) is 9.90 Å². The fraction of sp³-hybridized carbons (Fsp3) is 0.364. The van der Waals surface area contributed by atoms with E-state index >= 15 is 0 Å². The molecule has 0 spiro atoms. The SMILES string of the molecule is COc1cc2nn([C@H]3CC[C@@H](O)CC3C)cc2cc1C(=O)Nc1cnn2cccnc12. The molecule has 9 nitrogen and oxygen atoms in total. The average molecular weight is 420 g/mol. The summed E-state index contributed by atoms with van der Waals surface area (Å²) in [7, 11) is 1.54. The lowest BCUT2D eigenvalue weighted by Gasteiger charge is -2.31. The van der Waals surface area contributed by atoms with Crippen molar-refractivity contribution < 1.29 is 14.6 Å². The second kappa shape index (κ2) is 7.66. The summed E-state index contributed by atoms with van der Waals surface area (Å²) in [5.41, 5.74) is 2.27. The molecule has 0 bridgehead atoms. The highest BCUT2D eigenvalue weighted by molar-refractivity contribution is 6.09. The van der Waals surface area contributed by atoms with Gasteiger partial charge < -0.3 is 15.2 Å². The van der Waals surface area contributed by atoms with E-state index < -0.39 is 0 Å². The van der Waals surface area contributed by atoms with Crippen molar-refractivity contribution in [3.05, 3.63) is 48.5 Å². The van der Waals surface area contributed by atoms with Crippen LogP contribution < -0.4 is 10.1 Å². The topological polar surface area (TPSA) is 107 Å². The molecule has 0 saturated heterocycles. The summed E-state index contributed by atoms with van der Waals surface area (Å²) in [5, 5.41) is 22.6. The largest absolute Gasteiger partial charge is 0.496 e. The molecule has 0 radical (unpaired) electrons. The van der Waals surface area contributed by atoms with Crippen LogP contribution in [0.2, 0.25) is 0 Å². The van der Waals surface area contributed by atoms with Gasteiger partial charge in [-0.15, -0.1) is 0 Å². The standard InChI is InChI=1S/C22H24N6O3/c1-13-8-15(29)4-5-19(13)28-12-14-9-16(20(31-2)10-17(14)26-28)22(30)25-18-11-24-27-7-3-6-23-21(18)27/h3,6-7,9-13,15,19,29H,4-5,8H2,1-2H3,(H,25,30)/t13?,15-,19+/m1/s1. The van der Waals surface area contributed by atoms with E-state index in [1.165, 1.54) is 7.11 Å². The van der Waals surface area contributed by atoms with Crippen LogP contribution in [0.1, 0.15) is 42.6 Å². The van der Waals surface area contributed by atoms with Gasteiger partial charge in [-0.2, -0.15) is 10.2 Å². The van der Waals surface area contributed by atoms with E-state index in [0.717, 1.165) is 30.2 Å². The number of benzene rings is 1. The van der Waals surface area contributed by atoms with Crippen LogP contribution >= 0.6 is 0 Å². The molecule has 2 N–H and O–H groups in total. The van der Waals surface area contributed by atoms with Crippen molar-refractivity contribution in [2.45, 2.75) is 38.3 Å². The number of fused-ring (bicyclic) bond motifs is 2. The van der Waals surface area contributed by atoms with Gasteiger partial charge in [0.15, 0.2) is 5.65 Å². The van der Waals surface area contributed by atoms with Crippen molar-refractivity contribution in [3.8, 4) is 5.75 Å². The maximum atomic E-state index is 13.1. The Labute approximate surface area is 178 Å². The molecular weight excluding hydrogens is 396 g/mol. The third kappa shape index (κ3) is 3.50. The summed E-state index contributed by atoms with van der Waals surface area (Å²) in [6, 6.07) is 5.59. The van der Waals surface area contributed by atoms with Crippen molar-refractivity contribution in [1.82, 2.24) is 24.4 Å². The van der Waals surface area contributed by atoms with E-state index in [1.807, 2.05) is 10.9 Å². The minimum absolute atomic E-state index is 0.226. The Kier molecular flexibility index (Phi) is 4.82. The molecule has 1 fully saturated rings. The third-order valence-corrected chi connectivity index (χ3v) is 6.05. The van der Waals surface area contributed by atoms with E-state index in [1.54, 1.807) is 41.3 Å². The first-order valence-electron chi connectivity index (χ1n) is 10.4. The summed E-state index contributed by atoms with van der Waals surface area (Å²) in [6.45, 7) is 2.14.